The van der Waals surface area contributed by atoms with Crippen LogP contribution in [0, 0.1) is 6.92 Å². The van der Waals surface area contributed by atoms with Crippen LogP contribution in [-0.4, -0.2) is 10.9 Å². The number of thiocarbonyl (C=S) groups is 1. The maximum absolute atomic E-state index is 11.3. The Morgan fingerprint density at radius 2 is 2.12 bits per heavy atom. The molecule has 1 aromatic carbocycles. The van der Waals surface area contributed by atoms with Crippen LogP contribution in [0.3, 0.4) is 0 Å². The molecule has 1 aromatic rings. The quantitative estimate of drug-likeness (QED) is 0.808. The van der Waals surface area contributed by atoms with E-state index in [9.17, 15) is 4.79 Å². The smallest absolute Gasteiger partial charge is 0.248 e. The molecular formula is C13H16N2OS. The van der Waals surface area contributed by atoms with Gasteiger partial charge in [-0.1, -0.05) is 30.4 Å². The third kappa shape index (κ3) is 3.39. The van der Waals surface area contributed by atoms with Crippen molar-refractivity contribution >= 4 is 28.8 Å². The number of rotatable bonds is 3. The SMILES string of the molecule is C/C=C(\NC(C)=S)c1ccc(C)c(C(N)=O)c1. The van der Waals surface area contributed by atoms with Crippen LogP contribution in [-0.2, 0) is 0 Å². The summed E-state index contributed by atoms with van der Waals surface area (Å²) < 4.78 is 0. The Labute approximate surface area is 107 Å². The maximum Gasteiger partial charge on any atom is 0.248 e. The summed E-state index contributed by atoms with van der Waals surface area (Å²) in [5.74, 6) is -0.418. The van der Waals surface area contributed by atoms with Crippen molar-refractivity contribution in [3.05, 3.63) is 41.0 Å². The molecule has 3 N–H and O–H groups in total. The Kier molecular flexibility index (Phi) is 4.40. The third-order valence-electron chi connectivity index (χ3n) is 2.41. The van der Waals surface area contributed by atoms with Crippen molar-refractivity contribution in [1.82, 2.24) is 5.32 Å². The second-order valence-electron chi connectivity index (χ2n) is 3.78. The lowest BCUT2D eigenvalue weighted by molar-refractivity contribution is 0.0999. The number of hydrogen-bond donors (Lipinski definition) is 2. The van der Waals surface area contributed by atoms with Gasteiger partial charge in [0.25, 0.3) is 0 Å². The van der Waals surface area contributed by atoms with Gasteiger partial charge in [0.2, 0.25) is 5.91 Å². The van der Waals surface area contributed by atoms with Crippen molar-refractivity contribution in [2.75, 3.05) is 0 Å². The highest BCUT2D eigenvalue weighted by molar-refractivity contribution is 7.80. The Morgan fingerprint density at radius 3 is 2.59 bits per heavy atom. The fraction of sp³-hybridized carbons (Fsp3) is 0.231. The lowest BCUT2D eigenvalue weighted by Gasteiger charge is -2.11. The number of nitrogens with two attached hydrogens (primary N) is 1. The lowest BCUT2D eigenvalue weighted by Crippen LogP contribution is -2.18. The predicted molar refractivity (Wildman–Crippen MR) is 74.8 cm³/mol. The summed E-state index contributed by atoms with van der Waals surface area (Å²) in [7, 11) is 0. The zero-order valence-electron chi connectivity index (χ0n) is 10.2. The standard InChI is InChI=1S/C13H16N2OS/c1-4-12(15-9(3)17)10-6-5-8(2)11(7-10)13(14)16/h4-7H,1-3H3,(H2,14,16)(H,15,17)/b12-4-. The first-order chi connectivity index (χ1) is 7.95. The molecule has 0 heterocycles. The molecule has 0 aliphatic rings. The van der Waals surface area contributed by atoms with Gasteiger partial charge in [-0.15, -0.1) is 0 Å². The van der Waals surface area contributed by atoms with Gasteiger partial charge < -0.3 is 11.1 Å². The van der Waals surface area contributed by atoms with Gasteiger partial charge in [0, 0.05) is 11.3 Å². The number of carbonyl (C=O) groups excluding carboxylic acids is 1. The molecule has 0 aromatic heterocycles. The Hall–Kier alpha value is -1.68. The number of amides is 1. The second kappa shape index (κ2) is 5.59. The van der Waals surface area contributed by atoms with E-state index in [1.807, 2.05) is 39.0 Å². The number of primary amides is 1. The van der Waals surface area contributed by atoms with Gasteiger partial charge in [-0.25, -0.2) is 0 Å². The van der Waals surface area contributed by atoms with E-state index in [2.05, 4.69) is 5.32 Å². The van der Waals surface area contributed by atoms with E-state index < -0.39 is 5.91 Å². The average molecular weight is 248 g/mol. The zero-order valence-corrected chi connectivity index (χ0v) is 11.0. The van der Waals surface area contributed by atoms with E-state index in [4.69, 9.17) is 18.0 Å². The molecule has 0 atom stereocenters. The van der Waals surface area contributed by atoms with Crippen LogP contribution in [0.4, 0.5) is 0 Å². The second-order valence-corrected chi connectivity index (χ2v) is 4.39. The van der Waals surface area contributed by atoms with E-state index >= 15 is 0 Å². The monoisotopic (exact) mass is 248 g/mol. The molecule has 0 aliphatic heterocycles. The van der Waals surface area contributed by atoms with Gasteiger partial charge in [-0.2, -0.15) is 0 Å². The molecule has 0 spiro atoms. The highest BCUT2D eigenvalue weighted by Gasteiger charge is 2.08. The largest absolute Gasteiger partial charge is 0.366 e. The van der Waals surface area contributed by atoms with Crippen LogP contribution in [0.2, 0.25) is 0 Å². The minimum Gasteiger partial charge on any atom is -0.366 e. The number of allylic oxidation sites excluding steroid dienone is 1. The summed E-state index contributed by atoms with van der Waals surface area (Å²) in [4.78, 5) is 11.9. The van der Waals surface area contributed by atoms with Gasteiger partial charge in [-0.3, -0.25) is 4.79 Å². The average Bonchev–Trinajstić information content (AvgIpc) is 2.26. The predicted octanol–water partition coefficient (Wildman–Crippen LogP) is 2.39. The van der Waals surface area contributed by atoms with Crippen LogP contribution in [0.15, 0.2) is 24.3 Å². The Morgan fingerprint density at radius 1 is 1.47 bits per heavy atom. The van der Waals surface area contributed by atoms with Crippen LogP contribution in [0.25, 0.3) is 5.70 Å². The lowest BCUT2D eigenvalue weighted by atomic mass is 10.0. The summed E-state index contributed by atoms with van der Waals surface area (Å²) in [5, 5.41) is 3.07. The van der Waals surface area contributed by atoms with E-state index in [0.29, 0.717) is 10.6 Å². The van der Waals surface area contributed by atoms with Crippen molar-refractivity contribution < 1.29 is 4.79 Å². The first-order valence-electron chi connectivity index (χ1n) is 5.30. The van der Waals surface area contributed by atoms with Gasteiger partial charge in [0.15, 0.2) is 0 Å². The van der Waals surface area contributed by atoms with Gasteiger partial charge in [-0.05, 0) is 38.0 Å². The van der Waals surface area contributed by atoms with Crippen molar-refractivity contribution in [3.63, 3.8) is 0 Å². The number of aryl methyl sites for hydroxylation is 1. The van der Waals surface area contributed by atoms with Crippen molar-refractivity contribution in [2.24, 2.45) is 5.73 Å². The maximum atomic E-state index is 11.3. The third-order valence-corrected chi connectivity index (χ3v) is 2.52. The molecule has 0 saturated heterocycles. The fourth-order valence-electron chi connectivity index (χ4n) is 1.56. The Balaban J connectivity index is 3.18. The summed E-state index contributed by atoms with van der Waals surface area (Å²) in [5.41, 5.74) is 8.50. The first-order valence-corrected chi connectivity index (χ1v) is 5.71. The van der Waals surface area contributed by atoms with Crippen molar-refractivity contribution in [2.45, 2.75) is 20.8 Å². The van der Waals surface area contributed by atoms with E-state index in [1.54, 1.807) is 6.07 Å². The summed E-state index contributed by atoms with van der Waals surface area (Å²) in [6, 6.07) is 5.58. The van der Waals surface area contributed by atoms with Gasteiger partial charge in [0.1, 0.15) is 0 Å². The molecule has 0 saturated carbocycles. The van der Waals surface area contributed by atoms with Crippen LogP contribution < -0.4 is 11.1 Å². The molecule has 1 amide bonds. The molecule has 0 fully saturated rings. The highest BCUT2D eigenvalue weighted by Crippen LogP contribution is 2.16. The van der Waals surface area contributed by atoms with Crippen molar-refractivity contribution in [3.8, 4) is 0 Å². The van der Waals surface area contributed by atoms with E-state index in [1.165, 1.54) is 0 Å². The molecule has 0 aliphatic carbocycles. The highest BCUT2D eigenvalue weighted by atomic mass is 32.1. The van der Waals surface area contributed by atoms with Gasteiger partial charge >= 0.3 is 0 Å². The fourth-order valence-corrected chi connectivity index (χ4v) is 1.67. The summed E-state index contributed by atoms with van der Waals surface area (Å²) >= 11 is 5.00. The molecule has 90 valence electrons. The molecule has 0 unspecified atom stereocenters. The minimum atomic E-state index is -0.418. The van der Waals surface area contributed by atoms with Crippen LogP contribution in [0.1, 0.15) is 35.3 Å². The molecule has 0 radical (unpaired) electrons. The summed E-state index contributed by atoms with van der Waals surface area (Å²) in [6.07, 6.45) is 1.91. The number of benzene rings is 1. The van der Waals surface area contributed by atoms with Crippen LogP contribution in [0.5, 0.6) is 0 Å². The molecule has 4 heteroatoms. The Bertz CT molecular complexity index is 492. The normalized spacial score (nSPS) is 11.1. The number of nitrogens with one attached hydrogen (secondary N) is 1. The summed E-state index contributed by atoms with van der Waals surface area (Å²) in [6.45, 7) is 5.57. The van der Waals surface area contributed by atoms with E-state index in [-0.39, 0.29) is 0 Å². The first kappa shape index (κ1) is 13.4. The molecule has 1 rings (SSSR count). The van der Waals surface area contributed by atoms with Crippen LogP contribution >= 0.6 is 12.2 Å². The number of carbonyl (C=O) groups is 1. The molecule has 17 heavy (non-hydrogen) atoms. The number of hydrogen-bond acceptors (Lipinski definition) is 2. The topological polar surface area (TPSA) is 55.1 Å². The van der Waals surface area contributed by atoms with E-state index in [0.717, 1.165) is 16.8 Å². The van der Waals surface area contributed by atoms with Crippen molar-refractivity contribution in [1.29, 1.82) is 0 Å². The van der Waals surface area contributed by atoms with Gasteiger partial charge in [0.05, 0.1) is 4.99 Å². The molecule has 3 nitrogen and oxygen atoms in total. The minimum absolute atomic E-state index is 0.418. The zero-order chi connectivity index (χ0) is 13.0. The molecular weight excluding hydrogens is 232 g/mol. The molecule has 0 bridgehead atoms.